The Bertz CT molecular complexity index is 457. The molecule has 0 unspecified atom stereocenters. The van der Waals surface area contributed by atoms with Gasteiger partial charge in [0.05, 0.1) is 18.7 Å². The van der Waals surface area contributed by atoms with Crippen LogP contribution in [0.25, 0.3) is 0 Å². The third-order valence-electron chi connectivity index (χ3n) is 2.17. The van der Waals surface area contributed by atoms with Crippen LogP contribution < -0.4 is 10.6 Å². The number of carbonyl (C=O) groups is 1. The number of amides is 1. The van der Waals surface area contributed by atoms with E-state index in [0.717, 1.165) is 5.69 Å². The fourth-order valence-electron chi connectivity index (χ4n) is 1.25. The number of ether oxygens (including phenoxy) is 1. The standard InChI is InChI=1S/C12H14BrN3O2/c1-18-5-4-15-12(17)8-16-10-3-2-9(7-14)11(13)6-10/h2-3,6,16H,4-5,8H2,1H3,(H,15,17). The number of hydrogen-bond acceptors (Lipinski definition) is 4. The Morgan fingerprint density at radius 3 is 2.94 bits per heavy atom. The Morgan fingerprint density at radius 1 is 1.56 bits per heavy atom. The minimum absolute atomic E-state index is 0.104. The summed E-state index contributed by atoms with van der Waals surface area (Å²) in [5, 5.41) is 14.4. The topological polar surface area (TPSA) is 74.2 Å². The van der Waals surface area contributed by atoms with Crippen molar-refractivity contribution in [2.75, 3.05) is 32.1 Å². The minimum atomic E-state index is -0.104. The highest BCUT2D eigenvalue weighted by Gasteiger charge is 2.03. The van der Waals surface area contributed by atoms with Crippen molar-refractivity contribution in [1.29, 1.82) is 5.26 Å². The lowest BCUT2D eigenvalue weighted by atomic mass is 10.2. The Hall–Kier alpha value is -1.58. The quantitative estimate of drug-likeness (QED) is 0.781. The van der Waals surface area contributed by atoms with Gasteiger partial charge in [-0.15, -0.1) is 0 Å². The summed E-state index contributed by atoms with van der Waals surface area (Å²) in [6.07, 6.45) is 0. The van der Waals surface area contributed by atoms with E-state index in [4.69, 9.17) is 10.00 Å². The molecule has 0 saturated carbocycles. The first-order valence-corrected chi connectivity index (χ1v) is 6.16. The number of nitrogens with zero attached hydrogens (tertiary/aromatic N) is 1. The molecule has 96 valence electrons. The van der Waals surface area contributed by atoms with Gasteiger partial charge in [0.25, 0.3) is 0 Å². The molecule has 0 fully saturated rings. The highest BCUT2D eigenvalue weighted by atomic mass is 79.9. The zero-order valence-electron chi connectivity index (χ0n) is 10.00. The molecule has 2 N–H and O–H groups in total. The van der Waals surface area contributed by atoms with E-state index in [1.165, 1.54) is 0 Å². The highest BCUT2D eigenvalue weighted by Crippen LogP contribution is 2.20. The van der Waals surface area contributed by atoms with Gasteiger partial charge in [-0.25, -0.2) is 0 Å². The summed E-state index contributed by atoms with van der Waals surface area (Å²) in [5.74, 6) is -0.104. The Morgan fingerprint density at radius 2 is 2.33 bits per heavy atom. The zero-order valence-corrected chi connectivity index (χ0v) is 11.6. The lowest BCUT2D eigenvalue weighted by molar-refractivity contribution is -0.119. The van der Waals surface area contributed by atoms with Crippen molar-refractivity contribution in [1.82, 2.24) is 5.32 Å². The average molecular weight is 312 g/mol. The first kappa shape index (κ1) is 14.5. The Kier molecular flexibility index (Phi) is 6.19. The van der Waals surface area contributed by atoms with E-state index in [1.807, 2.05) is 0 Å². The number of methoxy groups -OCH3 is 1. The van der Waals surface area contributed by atoms with E-state index in [1.54, 1.807) is 25.3 Å². The Balaban J connectivity index is 2.42. The smallest absolute Gasteiger partial charge is 0.239 e. The number of anilines is 1. The van der Waals surface area contributed by atoms with Gasteiger partial charge in [-0.1, -0.05) is 0 Å². The van der Waals surface area contributed by atoms with Gasteiger partial charge < -0.3 is 15.4 Å². The highest BCUT2D eigenvalue weighted by molar-refractivity contribution is 9.10. The van der Waals surface area contributed by atoms with Crippen molar-refractivity contribution in [2.45, 2.75) is 0 Å². The third-order valence-corrected chi connectivity index (χ3v) is 2.83. The van der Waals surface area contributed by atoms with E-state index in [9.17, 15) is 4.79 Å². The molecule has 0 aromatic heterocycles. The van der Waals surface area contributed by atoms with E-state index in [2.05, 4.69) is 32.6 Å². The maximum atomic E-state index is 11.4. The molecule has 0 bridgehead atoms. The summed E-state index contributed by atoms with van der Waals surface area (Å²) < 4.78 is 5.53. The molecule has 1 aromatic carbocycles. The fraction of sp³-hybridized carbons (Fsp3) is 0.333. The van der Waals surface area contributed by atoms with E-state index in [0.29, 0.717) is 23.2 Å². The summed E-state index contributed by atoms with van der Waals surface area (Å²) in [4.78, 5) is 11.4. The van der Waals surface area contributed by atoms with Crippen molar-refractivity contribution < 1.29 is 9.53 Å². The van der Waals surface area contributed by atoms with Gasteiger partial charge in [0, 0.05) is 23.8 Å². The average Bonchev–Trinajstić information content (AvgIpc) is 2.37. The molecule has 0 atom stereocenters. The van der Waals surface area contributed by atoms with Crippen LogP contribution in [0, 0.1) is 11.3 Å². The lowest BCUT2D eigenvalue weighted by Gasteiger charge is -2.08. The number of nitriles is 1. The maximum Gasteiger partial charge on any atom is 0.239 e. The molecule has 5 nitrogen and oxygen atoms in total. The first-order chi connectivity index (χ1) is 8.67. The molecule has 0 aliphatic carbocycles. The number of hydrogen-bond donors (Lipinski definition) is 2. The van der Waals surface area contributed by atoms with Crippen LogP contribution in [0.4, 0.5) is 5.69 Å². The molecule has 1 rings (SSSR count). The molecule has 0 spiro atoms. The SMILES string of the molecule is COCCNC(=O)CNc1ccc(C#N)c(Br)c1. The number of benzene rings is 1. The van der Waals surface area contributed by atoms with E-state index < -0.39 is 0 Å². The van der Waals surface area contributed by atoms with Crippen molar-refractivity contribution in [3.8, 4) is 6.07 Å². The van der Waals surface area contributed by atoms with Gasteiger partial charge in [0.2, 0.25) is 5.91 Å². The van der Waals surface area contributed by atoms with Gasteiger partial charge in [-0.05, 0) is 34.1 Å². The molecule has 0 radical (unpaired) electrons. The largest absolute Gasteiger partial charge is 0.383 e. The maximum absolute atomic E-state index is 11.4. The molecule has 0 aliphatic heterocycles. The van der Waals surface area contributed by atoms with Gasteiger partial charge in [0.1, 0.15) is 6.07 Å². The Labute approximate surface area is 114 Å². The van der Waals surface area contributed by atoms with Crippen LogP contribution in [0.5, 0.6) is 0 Å². The summed E-state index contributed by atoms with van der Waals surface area (Å²) in [6.45, 7) is 1.17. The van der Waals surface area contributed by atoms with Crippen molar-refractivity contribution in [3.05, 3.63) is 28.2 Å². The second-order valence-corrected chi connectivity index (χ2v) is 4.36. The summed E-state index contributed by atoms with van der Waals surface area (Å²) in [6, 6.07) is 7.26. The number of halogens is 1. The third kappa shape index (κ3) is 4.73. The zero-order chi connectivity index (χ0) is 13.4. The minimum Gasteiger partial charge on any atom is -0.383 e. The summed E-state index contributed by atoms with van der Waals surface area (Å²) in [5.41, 5.74) is 1.34. The predicted molar refractivity (Wildman–Crippen MR) is 72.2 cm³/mol. The molecule has 18 heavy (non-hydrogen) atoms. The van der Waals surface area contributed by atoms with Crippen LogP contribution in [-0.2, 0) is 9.53 Å². The van der Waals surface area contributed by atoms with Crippen LogP contribution in [0.3, 0.4) is 0 Å². The number of carbonyl (C=O) groups excluding carboxylic acids is 1. The normalized spacial score (nSPS) is 9.61. The number of rotatable bonds is 6. The lowest BCUT2D eigenvalue weighted by Crippen LogP contribution is -2.32. The van der Waals surface area contributed by atoms with E-state index >= 15 is 0 Å². The van der Waals surface area contributed by atoms with E-state index in [-0.39, 0.29) is 12.5 Å². The van der Waals surface area contributed by atoms with Crippen LogP contribution >= 0.6 is 15.9 Å². The molecular weight excluding hydrogens is 298 g/mol. The second kappa shape index (κ2) is 7.69. The fourth-order valence-corrected chi connectivity index (χ4v) is 1.72. The first-order valence-electron chi connectivity index (χ1n) is 5.36. The van der Waals surface area contributed by atoms with Crippen LogP contribution in [-0.4, -0.2) is 32.7 Å². The number of nitrogens with one attached hydrogen (secondary N) is 2. The second-order valence-electron chi connectivity index (χ2n) is 3.50. The van der Waals surface area contributed by atoms with Crippen LogP contribution in [0.1, 0.15) is 5.56 Å². The van der Waals surface area contributed by atoms with Crippen molar-refractivity contribution >= 4 is 27.5 Å². The molecule has 0 heterocycles. The predicted octanol–water partition coefficient (Wildman–Crippen LogP) is 1.50. The van der Waals surface area contributed by atoms with Gasteiger partial charge in [0.15, 0.2) is 0 Å². The molecule has 6 heteroatoms. The van der Waals surface area contributed by atoms with Crippen LogP contribution in [0.15, 0.2) is 22.7 Å². The molecular formula is C12H14BrN3O2. The van der Waals surface area contributed by atoms with Gasteiger partial charge in [-0.2, -0.15) is 5.26 Å². The van der Waals surface area contributed by atoms with Gasteiger partial charge >= 0.3 is 0 Å². The van der Waals surface area contributed by atoms with Crippen molar-refractivity contribution in [2.24, 2.45) is 0 Å². The monoisotopic (exact) mass is 311 g/mol. The molecule has 0 aliphatic rings. The summed E-state index contributed by atoms with van der Waals surface area (Å²) >= 11 is 3.29. The van der Waals surface area contributed by atoms with Crippen LogP contribution in [0.2, 0.25) is 0 Å². The van der Waals surface area contributed by atoms with Gasteiger partial charge in [-0.3, -0.25) is 4.79 Å². The molecule has 1 amide bonds. The van der Waals surface area contributed by atoms with Crippen molar-refractivity contribution in [3.63, 3.8) is 0 Å². The summed E-state index contributed by atoms with van der Waals surface area (Å²) in [7, 11) is 1.58. The molecule has 0 saturated heterocycles. The molecule has 1 aromatic rings.